The molecular formula is C17H20N4O2. The van der Waals surface area contributed by atoms with E-state index in [1.807, 2.05) is 27.7 Å². The van der Waals surface area contributed by atoms with E-state index in [2.05, 4.69) is 16.4 Å². The summed E-state index contributed by atoms with van der Waals surface area (Å²) in [7, 11) is 0. The van der Waals surface area contributed by atoms with Crippen LogP contribution in [0.25, 0.3) is 5.69 Å². The molecule has 0 saturated heterocycles. The van der Waals surface area contributed by atoms with Crippen molar-refractivity contribution < 1.29 is 9.53 Å². The highest BCUT2D eigenvalue weighted by Crippen LogP contribution is 2.26. The molecule has 23 heavy (non-hydrogen) atoms. The van der Waals surface area contributed by atoms with Crippen LogP contribution >= 0.6 is 0 Å². The van der Waals surface area contributed by atoms with Gasteiger partial charge in [-0.05, 0) is 30.7 Å². The minimum atomic E-state index is -0.342. The minimum absolute atomic E-state index is 0.284. The van der Waals surface area contributed by atoms with Gasteiger partial charge < -0.3 is 4.74 Å². The molecule has 0 saturated carbocycles. The molecule has 0 aliphatic carbocycles. The second-order valence-corrected chi connectivity index (χ2v) is 6.24. The predicted octanol–water partition coefficient (Wildman–Crippen LogP) is 3.00. The second kappa shape index (κ2) is 6.61. The Morgan fingerprint density at radius 1 is 1.30 bits per heavy atom. The highest BCUT2D eigenvalue weighted by molar-refractivity contribution is 5.89. The van der Waals surface area contributed by atoms with Crippen molar-refractivity contribution in [1.82, 2.24) is 15.0 Å². The van der Waals surface area contributed by atoms with Crippen LogP contribution in [-0.4, -0.2) is 27.6 Å². The first-order valence-corrected chi connectivity index (χ1v) is 7.52. The van der Waals surface area contributed by atoms with Crippen LogP contribution in [0, 0.1) is 11.3 Å². The zero-order valence-electron chi connectivity index (χ0n) is 13.8. The van der Waals surface area contributed by atoms with Crippen LogP contribution in [0.15, 0.2) is 24.3 Å². The van der Waals surface area contributed by atoms with Crippen molar-refractivity contribution in [3.05, 3.63) is 41.2 Å². The lowest BCUT2D eigenvalue weighted by Gasteiger charge is -2.19. The number of hydrogen-bond donors (Lipinski definition) is 0. The van der Waals surface area contributed by atoms with Crippen molar-refractivity contribution in [1.29, 1.82) is 5.26 Å². The first-order chi connectivity index (χ1) is 10.9. The molecule has 0 aliphatic heterocycles. The lowest BCUT2D eigenvalue weighted by atomic mass is 9.90. The van der Waals surface area contributed by atoms with Crippen LogP contribution in [0.4, 0.5) is 0 Å². The van der Waals surface area contributed by atoms with Crippen LogP contribution in [0.3, 0.4) is 0 Å². The molecular weight excluding hydrogens is 292 g/mol. The molecule has 0 amide bonds. The van der Waals surface area contributed by atoms with Gasteiger partial charge in [-0.2, -0.15) is 5.26 Å². The normalized spacial score (nSPS) is 11.1. The van der Waals surface area contributed by atoms with Gasteiger partial charge >= 0.3 is 5.97 Å². The van der Waals surface area contributed by atoms with E-state index >= 15 is 0 Å². The number of benzene rings is 1. The number of rotatable bonds is 4. The Bertz CT molecular complexity index is 733. The van der Waals surface area contributed by atoms with E-state index in [9.17, 15) is 10.1 Å². The maximum atomic E-state index is 11.8. The summed E-state index contributed by atoms with van der Waals surface area (Å²) in [6, 6.07) is 9.00. The number of nitrogens with zero attached hydrogens (tertiary/aromatic N) is 4. The maximum Gasteiger partial charge on any atom is 0.338 e. The fourth-order valence-corrected chi connectivity index (χ4v) is 2.23. The Labute approximate surface area is 135 Å². The van der Waals surface area contributed by atoms with Crippen LogP contribution in [-0.2, 0) is 10.2 Å². The van der Waals surface area contributed by atoms with Gasteiger partial charge in [-0.3, -0.25) is 0 Å². The van der Waals surface area contributed by atoms with E-state index in [-0.39, 0.29) is 11.4 Å². The van der Waals surface area contributed by atoms with E-state index in [0.717, 1.165) is 17.8 Å². The van der Waals surface area contributed by atoms with Gasteiger partial charge in [0.2, 0.25) is 0 Å². The fraction of sp³-hybridized carbons (Fsp3) is 0.412. The summed E-state index contributed by atoms with van der Waals surface area (Å²) in [5.74, 6) is -0.342. The minimum Gasteiger partial charge on any atom is -0.462 e. The Morgan fingerprint density at radius 3 is 2.48 bits per heavy atom. The van der Waals surface area contributed by atoms with E-state index < -0.39 is 0 Å². The van der Waals surface area contributed by atoms with Gasteiger partial charge in [-0.15, -0.1) is 5.10 Å². The lowest BCUT2D eigenvalue weighted by molar-refractivity contribution is 0.0505. The predicted molar refractivity (Wildman–Crippen MR) is 85.3 cm³/mol. The van der Waals surface area contributed by atoms with Crippen molar-refractivity contribution in [3.8, 4) is 11.8 Å². The molecule has 0 fully saturated rings. The van der Waals surface area contributed by atoms with Gasteiger partial charge in [0.15, 0.2) is 5.69 Å². The lowest BCUT2D eigenvalue weighted by Crippen LogP contribution is -2.19. The zero-order valence-corrected chi connectivity index (χ0v) is 13.8. The van der Waals surface area contributed by atoms with Crippen LogP contribution < -0.4 is 0 Å². The molecule has 1 aromatic heterocycles. The quantitative estimate of drug-likeness (QED) is 0.811. The molecule has 0 bridgehead atoms. The Morgan fingerprint density at radius 2 is 1.96 bits per heavy atom. The van der Waals surface area contributed by atoms with Crippen molar-refractivity contribution in [2.75, 3.05) is 6.61 Å². The summed E-state index contributed by atoms with van der Waals surface area (Å²) in [5, 5.41) is 17.2. The van der Waals surface area contributed by atoms with Gasteiger partial charge in [-0.1, -0.05) is 32.9 Å². The molecule has 0 N–H and O–H groups in total. The summed E-state index contributed by atoms with van der Waals surface area (Å²) < 4.78 is 6.74. The van der Waals surface area contributed by atoms with Crippen molar-refractivity contribution >= 4 is 5.97 Å². The molecule has 1 aromatic carbocycles. The zero-order chi connectivity index (χ0) is 17.0. The van der Waals surface area contributed by atoms with Gasteiger partial charge in [0.1, 0.15) is 6.07 Å². The van der Waals surface area contributed by atoms with Crippen LogP contribution in [0.2, 0.25) is 0 Å². The molecule has 6 heteroatoms. The van der Waals surface area contributed by atoms with Gasteiger partial charge in [0.05, 0.1) is 23.6 Å². The molecule has 0 aliphatic rings. The van der Waals surface area contributed by atoms with E-state index in [0.29, 0.717) is 17.9 Å². The smallest absolute Gasteiger partial charge is 0.338 e. The average molecular weight is 312 g/mol. The van der Waals surface area contributed by atoms with E-state index in [1.165, 1.54) is 0 Å². The fourth-order valence-electron chi connectivity index (χ4n) is 2.23. The number of hydrogen-bond acceptors (Lipinski definition) is 5. The monoisotopic (exact) mass is 312 g/mol. The standard InChI is InChI=1S/C17H20N4O2/c1-5-10-23-16(22)12-6-8-13(9-7-12)21-15(17(2,3)4)14(11-18)19-20-21/h6-9H,5,10H2,1-4H3. The highest BCUT2D eigenvalue weighted by atomic mass is 16.5. The summed E-state index contributed by atoms with van der Waals surface area (Å²) in [5.41, 5.74) is 1.99. The number of carbonyl (C=O) groups excluding carboxylic acids is 1. The molecule has 120 valence electrons. The van der Waals surface area contributed by atoms with Crippen molar-refractivity contribution in [2.45, 2.75) is 39.5 Å². The first-order valence-electron chi connectivity index (χ1n) is 7.52. The molecule has 1 heterocycles. The van der Waals surface area contributed by atoms with E-state index in [1.54, 1.807) is 28.9 Å². The largest absolute Gasteiger partial charge is 0.462 e. The number of carbonyl (C=O) groups is 1. The molecule has 0 spiro atoms. The summed E-state index contributed by atoms with van der Waals surface area (Å²) in [6.07, 6.45) is 0.786. The van der Waals surface area contributed by atoms with Crippen LogP contribution in [0.1, 0.15) is 55.9 Å². The van der Waals surface area contributed by atoms with Crippen molar-refractivity contribution in [2.24, 2.45) is 0 Å². The third-order valence-electron chi connectivity index (χ3n) is 3.27. The topological polar surface area (TPSA) is 80.8 Å². The molecule has 2 rings (SSSR count). The third kappa shape index (κ3) is 3.57. The third-order valence-corrected chi connectivity index (χ3v) is 3.27. The maximum absolute atomic E-state index is 11.8. The van der Waals surface area contributed by atoms with E-state index in [4.69, 9.17) is 4.74 Å². The molecule has 2 aromatic rings. The Hall–Kier alpha value is -2.68. The van der Waals surface area contributed by atoms with Gasteiger partial charge in [0.25, 0.3) is 0 Å². The van der Waals surface area contributed by atoms with Crippen LogP contribution in [0.5, 0.6) is 0 Å². The molecule has 0 unspecified atom stereocenters. The SMILES string of the molecule is CCCOC(=O)c1ccc(-n2nnc(C#N)c2C(C)(C)C)cc1. The second-order valence-electron chi connectivity index (χ2n) is 6.24. The summed E-state index contributed by atoms with van der Waals surface area (Å²) in [4.78, 5) is 11.8. The molecule has 0 radical (unpaired) electrons. The Kier molecular flexibility index (Phi) is 4.80. The summed E-state index contributed by atoms with van der Waals surface area (Å²) in [6.45, 7) is 8.35. The molecule has 0 atom stereocenters. The van der Waals surface area contributed by atoms with Gasteiger partial charge in [0, 0.05) is 5.41 Å². The van der Waals surface area contributed by atoms with Crippen molar-refractivity contribution in [3.63, 3.8) is 0 Å². The molecule has 6 nitrogen and oxygen atoms in total. The summed E-state index contributed by atoms with van der Waals surface area (Å²) >= 11 is 0. The first kappa shape index (κ1) is 16.7. The number of esters is 1. The number of aromatic nitrogens is 3. The average Bonchev–Trinajstić information content (AvgIpc) is 2.97. The number of ether oxygens (including phenoxy) is 1. The number of nitriles is 1. The van der Waals surface area contributed by atoms with Gasteiger partial charge in [-0.25, -0.2) is 9.48 Å². The highest BCUT2D eigenvalue weighted by Gasteiger charge is 2.26. The Balaban J connectivity index is 2.36.